The molecule has 0 aromatic carbocycles. The van der Waals surface area contributed by atoms with Crippen LogP contribution in [-0.4, -0.2) is 64.6 Å². The minimum absolute atomic E-state index is 0. The minimum Gasteiger partial charge on any atom is -0.339 e. The van der Waals surface area contributed by atoms with Crippen molar-refractivity contribution in [2.24, 2.45) is 5.73 Å². The first-order valence-electron chi connectivity index (χ1n) is 9.30. The van der Waals surface area contributed by atoms with E-state index in [0.29, 0.717) is 11.7 Å². The van der Waals surface area contributed by atoms with Gasteiger partial charge in [-0.25, -0.2) is 0 Å². The Morgan fingerprint density at radius 1 is 1.37 bits per heavy atom. The number of carbonyl (C=O) groups excluding carboxylic acids is 1. The molecule has 1 aliphatic heterocycles. The van der Waals surface area contributed by atoms with Gasteiger partial charge in [-0.1, -0.05) is 24.6 Å². The second kappa shape index (κ2) is 10.8. The molecule has 0 saturated carbocycles. The van der Waals surface area contributed by atoms with E-state index in [2.05, 4.69) is 22.0 Å². The lowest BCUT2D eigenvalue weighted by atomic mass is 10.1. The molecule has 1 aliphatic rings. The lowest BCUT2D eigenvalue weighted by Crippen LogP contribution is -2.53. The van der Waals surface area contributed by atoms with Crippen molar-refractivity contribution >= 4 is 29.7 Å². The Morgan fingerprint density at radius 3 is 2.81 bits per heavy atom. The van der Waals surface area contributed by atoms with Crippen LogP contribution in [0.15, 0.2) is 22.0 Å². The minimum atomic E-state index is -0.346. The summed E-state index contributed by atoms with van der Waals surface area (Å²) < 4.78 is 5.34. The highest BCUT2D eigenvalue weighted by molar-refractivity contribution is 7.13. The predicted molar refractivity (Wildman–Crippen MR) is 109 cm³/mol. The van der Waals surface area contributed by atoms with Gasteiger partial charge in [0.2, 0.25) is 17.6 Å². The number of amides is 1. The number of aryl methyl sites for hydroxylation is 1. The number of nitrogens with zero attached hydrogens (tertiary/aromatic N) is 4. The Balaban J connectivity index is 0.00000261. The van der Waals surface area contributed by atoms with Gasteiger partial charge in [0.15, 0.2) is 0 Å². The zero-order valence-electron chi connectivity index (χ0n) is 15.7. The number of halogens is 1. The molecule has 1 saturated heterocycles. The van der Waals surface area contributed by atoms with E-state index in [4.69, 9.17) is 10.3 Å². The first kappa shape index (κ1) is 21.8. The summed E-state index contributed by atoms with van der Waals surface area (Å²) in [4.78, 5) is 22.0. The van der Waals surface area contributed by atoms with Crippen molar-refractivity contribution in [3.63, 3.8) is 0 Å². The van der Waals surface area contributed by atoms with Crippen molar-refractivity contribution in [1.82, 2.24) is 19.9 Å². The standard InChI is InChI=1S/C18H27N5O2S.ClH/c1-2-5-14(19)18(24)23-11-9-22(10-12-23)8-3-7-16-20-17(21-25-16)15-6-4-13-26-15;/h4,6,13-14H,2-3,5,7-12,19H2,1H3;1H. The maximum atomic E-state index is 12.2. The Labute approximate surface area is 170 Å². The number of rotatable bonds is 8. The van der Waals surface area contributed by atoms with Gasteiger partial charge in [-0.2, -0.15) is 4.98 Å². The number of nitrogens with two attached hydrogens (primary N) is 1. The predicted octanol–water partition coefficient (Wildman–Crippen LogP) is 2.42. The Morgan fingerprint density at radius 2 is 2.15 bits per heavy atom. The number of hydrogen-bond acceptors (Lipinski definition) is 7. The largest absolute Gasteiger partial charge is 0.339 e. The van der Waals surface area contributed by atoms with Crippen molar-refractivity contribution in [1.29, 1.82) is 0 Å². The van der Waals surface area contributed by atoms with Crippen LogP contribution in [0.4, 0.5) is 0 Å². The Bertz CT molecular complexity index is 686. The fraction of sp³-hybridized carbons (Fsp3) is 0.611. The number of thiophene rings is 1. The average molecular weight is 414 g/mol. The Kier molecular flexibility index (Phi) is 8.69. The van der Waals surface area contributed by atoms with Gasteiger partial charge in [0.05, 0.1) is 10.9 Å². The summed E-state index contributed by atoms with van der Waals surface area (Å²) in [7, 11) is 0. The van der Waals surface area contributed by atoms with E-state index in [1.807, 2.05) is 22.4 Å². The SMILES string of the molecule is CCCC(N)C(=O)N1CCN(CCCc2nc(-c3cccs3)no2)CC1.Cl. The monoisotopic (exact) mass is 413 g/mol. The van der Waals surface area contributed by atoms with Crippen molar-refractivity contribution < 1.29 is 9.32 Å². The molecule has 0 bridgehead atoms. The maximum absolute atomic E-state index is 12.2. The van der Waals surface area contributed by atoms with Crippen LogP contribution in [0.2, 0.25) is 0 Å². The van der Waals surface area contributed by atoms with Gasteiger partial charge in [-0.3, -0.25) is 9.69 Å². The number of carbonyl (C=O) groups is 1. The average Bonchev–Trinajstić information content (AvgIpc) is 3.33. The second-order valence-electron chi connectivity index (χ2n) is 6.65. The third-order valence-corrected chi connectivity index (χ3v) is 5.54. The third-order valence-electron chi connectivity index (χ3n) is 4.68. The zero-order valence-corrected chi connectivity index (χ0v) is 17.3. The highest BCUT2D eigenvalue weighted by atomic mass is 35.5. The van der Waals surface area contributed by atoms with Gasteiger partial charge in [0.25, 0.3) is 0 Å². The van der Waals surface area contributed by atoms with Gasteiger partial charge in [-0.15, -0.1) is 23.7 Å². The molecule has 0 radical (unpaired) electrons. The van der Waals surface area contributed by atoms with Crippen LogP contribution >= 0.6 is 23.7 Å². The molecule has 1 fully saturated rings. The van der Waals surface area contributed by atoms with E-state index >= 15 is 0 Å². The van der Waals surface area contributed by atoms with Crippen molar-refractivity contribution in [3.05, 3.63) is 23.4 Å². The molecule has 150 valence electrons. The molecule has 1 unspecified atom stereocenters. The van der Waals surface area contributed by atoms with Crippen LogP contribution < -0.4 is 5.73 Å². The number of aromatic nitrogens is 2. The normalized spacial score (nSPS) is 16.1. The molecular weight excluding hydrogens is 386 g/mol. The molecular formula is C18H28ClN5O2S. The van der Waals surface area contributed by atoms with Gasteiger partial charge in [-0.05, 0) is 30.8 Å². The van der Waals surface area contributed by atoms with E-state index in [0.717, 1.165) is 63.3 Å². The Hall–Kier alpha value is -1.48. The van der Waals surface area contributed by atoms with Crippen molar-refractivity contribution in [2.45, 2.75) is 38.6 Å². The van der Waals surface area contributed by atoms with E-state index < -0.39 is 0 Å². The lowest BCUT2D eigenvalue weighted by Gasteiger charge is -2.35. The van der Waals surface area contributed by atoms with Crippen LogP contribution in [0.5, 0.6) is 0 Å². The van der Waals surface area contributed by atoms with Crippen LogP contribution in [0.1, 0.15) is 32.1 Å². The molecule has 2 aromatic rings. The molecule has 3 rings (SSSR count). The van der Waals surface area contributed by atoms with E-state index in [9.17, 15) is 4.79 Å². The van der Waals surface area contributed by atoms with Crippen LogP contribution in [-0.2, 0) is 11.2 Å². The van der Waals surface area contributed by atoms with E-state index in [1.165, 1.54) is 0 Å². The van der Waals surface area contributed by atoms with E-state index in [1.54, 1.807) is 11.3 Å². The summed E-state index contributed by atoms with van der Waals surface area (Å²) in [6.07, 6.45) is 3.45. The fourth-order valence-electron chi connectivity index (χ4n) is 3.18. The summed E-state index contributed by atoms with van der Waals surface area (Å²) in [5, 5.41) is 6.04. The first-order valence-corrected chi connectivity index (χ1v) is 10.2. The van der Waals surface area contributed by atoms with Gasteiger partial charge in [0, 0.05) is 32.6 Å². The van der Waals surface area contributed by atoms with Gasteiger partial charge >= 0.3 is 0 Å². The first-order chi connectivity index (χ1) is 12.7. The number of hydrogen-bond donors (Lipinski definition) is 1. The molecule has 2 aromatic heterocycles. The highest BCUT2D eigenvalue weighted by Gasteiger charge is 2.24. The molecule has 3 heterocycles. The van der Waals surface area contributed by atoms with Crippen molar-refractivity contribution in [3.8, 4) is 10.7 Å². The van der Waals surface area contributed by atoms with Crippen LogP contribution in [0.3, 0.4) is 0 Å². The second-order valence-corrected chi connectivity index (χ2v) is 7.60. The molecule has 0 spiro atoms. The van der Waals surface area contributed by atoms with Crippen molar-refractivity contribution in [2.75, 3.05) is 32.7 Å². The van der Waals surface area contributed by atoms with Crippen LogP contribution in [0, 0.1) is 0 Å². The summed E-state index contributed by atoms with van der Waals surface area (Å²) in [5.74, 6) is 1.46. The maximum Gasteiger partial charge on any atom is 0.239 e. The molecule has 1 amide bonds. The third kappa shape index (κ3) is 6.00. The molecule has 27 heavy (non-hydrogen) atoms. The van der Waals surface area contributed by atoms with E-state index in [-0.39, 0.29) is 24.4 Å². The molecule has 7 nitrogen and oxygen atoms in total. The topological polar surface area (TPSA) is 88.5 Å². The summed E-state index contributed by atoms with van der Waals surface area (Å²) in [5.41, 5.74) is 5.95. The quantitative estimate of drug-likeness (QED) is 0.714. The molecule has 1 atom stereocenters. The lowest BCUT2D eigenvalue weighted by molar-refractivity contribution is -0.134. The highest BCUT2D eigenvalue weighted by Crippen LogP contribution is 2.21. The summed E-state index contributed by atoms with van der Waals surface area (Å²) in [6.45, 7) is 6.35. The zero-order chi connectivity index (χ0) is 18.4. The van der Waals surface area contributed by atoms with Gasteiger partial charge in [0.1, 0.15) is 0 Å². The molecule has 0 aliphatic carbocycles. The van der Waals surface area contributed by atoms with Gasteiger partial charge < -0.3 is 15.2 Å². The summed E-state index contributed by atoms with van der Waals surface area (Å²) in [6, 6.07) is 3.63. The summed E-state index contributed by atoms with van der Waals surface area (Å²) >= 11 is 1.61. The number of piperazine rings is 1. The van der Waals surface area contributed by atoms with Crippen LogP contribution in [0.25, 0.3) is 10.7 Å². The fourth-order valence-corrected chi connectivity index (χ4v) is 3.83. The molecule has 2 N–H and O–H groups in total. The smallest absolute Gasteiger partial charge is 0.239 e. The molecule has 9 heteroatoms.